The number of halogens is 2. The Labute approximate surface area is 171 Å². The number of hydrogen-bond donors (Lipinski definition) is 1. The van der Waals surface area contributed by atoms with Crippen LogP contribution in [0.1, 0.15) is 39.3 Å². The summed E-state index contributed by atoms with van der Waals surface area (Å²) in [6.45, 7) is 5.75. The zero-order chi connectivity index (χ0) is 20.0. The summed E-state index contributed by atoms with van der Waals surface area (Å²) in [4.78, 5) is 16.8. The molecule has 2 rings (SSSR count). The molecule has 2 aromatic heterocycles. The van der Waals surface area contributed by atoms with Crippen LogP contribution >= 0.6 is 37.3 Å². The van der Waals surface area contributed by atoms with Crippen LogP contribution < -0.4 is 3.71 Å². The third kappa shape index (κ3) is 5.08. The van der Waals surface area contributed by atoms with Gasteiger partial charge in [-0.3, -0.25) is 4.79 Å². The van der Waals surface area contributed by atoms with Gasteiger partial charge in [0.25, 0.3) is 0 Å². The number of nitrogens with zero attached hydrogens (tertiary/aromatic N) is 4. The van der Waals surface area contributed by atoms with Crippen molar-refractivity contribution < 1.29 is 17.3 Å². The molecule has 0 aliphatic rings. The van der Waals surface area contributed by atoms with Crippen LogP contribution in [0, 0.1) is 5.92 Å². The molecule has 1 unspecified atom stereocenters. The van der Waals surface area contributed by atoms with E-state index in [0.29, 0.717) is 35.7 Å². The Bertz CT molecular complexity index is 827. The molecule has 1 atom stereocenters. The van der Waals surface area contributed by atoms with Gasteiger partial charge in [0.2, 0.25) is 0 Å². The van der Waals surface area contributed by atoms with Gasteiger partial charge >= 0.3 is 5.97 Å². The van der Waals surface area contributed by atoms with E-state index in [-0.39, 0.29) is 42.4 Å². The number of aromatic nitrogens is 3. The van der Waals surface area contributed by atoms with E-state index in [1.165, 1.54) is 10.7 Å². The second-order valence-electron chi connectivity index (χ2n) is 5.67. The Balaban J connectivity index is 2.35. The van der Waals surface area contributed by atoms with Crippen molar-refractivity contribution in [2.45, 2.75) is 38.5 Å². The first-order chi connectivity index (χ1) is 13.0. The van der Waals surface area contributed by atoms with Crippen LogP contribution in [0.3, 0.4) is 0 Å². The molecule has 6 nitrogen and oxygen atoms in total. The first-order valence-electron chi connectivity index (χ1n) is 8.24. The fraction of sp³-hybridized carbons (Fsp3) is 0.438. The summed E-state index contributed by atoms with van der Waals surface area (Å²) in [6.07, 6.45) is 4.44. The molecule has 0 radical (unpaired) electrons. The van der Waals surface area contributed by atoms with Gasteiger partial charge in [0.1, 0.15) is 0 Å². The van der Waals surface area contributed by atoms with Gasteiger partial charge in [0, 0.05) is 6.07 Å². The number of hydrogen-bond acceptors (Lipinski definition) is 8. The van der Waals surface area contributed by atoms with Crippen LogP contribution in [0.4, 0.5) is 13.6 Å². The normalized spacial score (nSPS) is 13.0. The predicted molar refractivity (Wildman–Crippen MR) is 109 cm³/mol. The van der Waals surface area contributed by atoms with Crippen LogP contribution in [-0.4, -0.2) is 27.2 Å². The van der Waals surface area contributed by atoms with Gasteiger partial charge in [-0.2, -0.15) is 13.3 Å². The summed E-state index contributed by atoms with van der Waals surface area (Å²) < 4.78 is 33.4. The minimum absolute atomic E-state index is 0.174. The lowest BCUT2D eigenvalue weighted by atomic mass is 9.99. The van der Waals surface area contributed by atoms with E-state index in [2.05, 4.69) is 22.7 Å². The number of ether oxygens (including phenoxy) is 1. The molecule has 0 fully saturated rings. The van der Waals surface area contributed by atoms with Gasteiger partial charge in [-0.05, 0) is 32.3 Å². The van der Waals surface area contributed by atoms with Crippen LogP contribution in [0.15, 0.2) is 23.2 Å². The number of esters is 1. The molecule has 0 saturated carbocycles. The van der Waals surface area contributed by atoms with Gasteiger partial charge in [0.15, 0.2) is 36.1 Å². The zero-order valence-electron chi connectivity index (χ0n) is 15.1. The second kappa shape index (κ2) is 10.2. The van der Waals surface area contributed by atoms with Crippen molar-refractivity contribution in [3.63, 3.8) is 0 Å². The highest BCUT2D eigenvalue weighted by molar-refractivity contribution is 8.13. The van der Waals surface area contributed by atoms with E-state index < -0.39 is 0 Å². The fourth-order valence-electron chi connectivity index (χ4n) is 2.51. The molecule has 11 heteroatoms. The second-order valence-corrected chi connectivity index (χ2v) is 7.38. The van der Waals surface area contributed by atoms with Crippen LogP contribution in [-0.2, 0) is 9.53 Å². The van der Waals surface area contributed by atoms with Crippen molar-refractivity contribution in [1.29, 1.82) is 0 Å². The van der Waals surface area contributed by atoms with Crippen molar-refractivity contribution in [1.82, 2.24) is 14.6 Å². The number of rotatable bonds is 9. The van der Waals surface area contributed by atoms with Gasteiger partial charge in [-0.1, -0.05) is 13.0 Å². The molecule has 2 heterocycles. The predicted octanol–water partition coefficient (Wildman–Crippen LogP) is 5.27. The number of carbonyl (C=O) groups is 1. The molecule has 148 valence electrons. The molecule has 0 spiro atoms. The monoisotopic (exact) mass is 434 g/mol. The third-order valence-electron chi connectivity index (χ3n) is 3.96. The van der Waals surface area contributed by atoms with E-state index >= 15 is 0 Å². The third-order valence-corrected chi connectivity index (χ3v) is 5.24. The Morgan fingerprint density at radius 2 is 2.19 bits per heavy atom. The lowest BCUT2D eigenvalue weighted by Gasteiger charge is -2.16. The van der Waals surface area contributed by atoms with Crippen molar-refractivity contribution >= 4 is 60.3 Å². The topological polar surface area (TPSA) is 59.7 Å². The average Bonchev–Trinajstić information content (AvgIpc) is 3.04. The number of allylic oxidation sites excluding steroid dienone is 2. The zero-order valence-corrected chi connectivity index (χ0v) is 17.6. The standard InChI is InChI=1S/C16H20F2N4O2S3/c1-4-11(7-6-10(3)16(23)24-5-2)12-8-14(22(26-17)27-18)21-15(20-12)13(25)9-19-21/h4,8-10,25H,5-7H2,1-3H3/b11-4+. The highest BCUT2D eigenvalue weighted by Gasteiger charge is 2.20. The molecule has 0 aromatic carbocycles. The summed E-state index contributed by atoms with van der Waals surface area (Å²) in [5.41, 5.74) is 1.77. The lowest BCUT2D eigenvalue weighted by molar-refractivity contribution is -0.147. The molecule has 0 N–H and O–H groups in total. The van der Waals surface area contributed by atoms with E-state index in [4.69, 9.17) is 4.74 Å². The Morgan fingerprint density at radius 1 is 1.48 bits per heavy atom. The van der Waals surface area contributed by atoms with Crippen molar-refractivity contribution in [3.8, 4) is 0 Å². The smallest absolute Gasteiger partial charge is 0.308 e. The number of thiol groups is 1. The minimum Gasteiger partial charge on any atom is -0.466 e. The van der Waals surface area contributed by atoms with E-state index in [0.717, 1.165) is 9.28 Å². The quantitative estimate of drug-likeness (QED) is 0.328. The molecular weight excluding hydrogens is 414 g/mol. The van der Waals surface area contributed by atoms with Gasteiger partial charge < -0.3 is 4.74 Å². The van der Waals surface area contributed by atoms with Gasteiger partial charge in [-0.25, -0.2) is 4.98 Å². The lowest BCUT2D eigenvalue weighted by Crippen LogP contribution is -2.15. The van der Waals surface area contributed by atoms with Crippen molar-refractivity contribution in [3.05, 3.63) is 24.0 Å². The molecule has 0 saturated heterocycles. The summed E-state index contributed by atoms with van der Waals surface area (Å²) in [7, 11) is 0. The SMILES string of the molecule is C/C=C(\CCC(C)C(=O)OCC)c1cc(N(SF)SF)n2ncc(S)c2n1. The molecule has 27 heavy (non-hydrogen) atoms. The average molecular weight is 435 g/mol. The van der Waals surface area contributed by atoms with E-state index in [9.17, 15) is 12.6 Å². The summed E-state index contributed by atoms with van der Waals surface area (Å²) >= 11 is 3.77. The van der Waals surface area contributed by atoms with Crippen LogP contribution in [0.25, 0.3) is 11.2 Å². The highest BCUT2D eigenvalue weighted by Crippen LogP contribution is 2.35. The Morgan fingerprint density at radius 3 is 2.78 bits per heavy atom. The molecule has 0 aliphatic heterocycles. The number of anilines is 1. The fourth-order valence-corrected chi connectivity index (χ4v) is 3.19. The van der Waals surface area contributed by atoms with Gasteiger partial charge in [-0.15, -0.1) is 20.4 Å². The van der Waals surface area contributed by atoms with Crippen molar-refractivity contribution in [2.24, 2.45) is 5.92 Å². The maximum Gasteiger partial charge on any atom is 0.308 e. The molecule has 0 aliphatic carbocycles. The van der Waals surface area contributed by atoms with E-state index in [1.807, 2.05) is 13.0 Å². The van der Waals surface area contributed by atoms with E-state index in [1.54, 1.807) is 19.9 Å². The first kappa shape index (κ1) is 21.8. The minimum atomic E-state index is -0.270. The molecule has 0 amide bonds. The van der Waals surface area contributed by atoms with Crippen LogP contribution in [0.2, 0.25) is 0 Å². The maximum absolute atomic E-state index is 13.1. The van der Waals surface area contributed by atoms with Crippen LogP contribution in [0.5, 0.6) is 0 Å². The van der Waals surface area contributed by atoms with Crippen molar-refractivity contribution in [2.75, 3.05) is 10.3 Å². The Hall–Kier alpha value is -1.46. The number of fused-ring (bicyclic) bond motifs is 1. The number of carbonyl (C=O) groups excluding carboxylic acids is 1. The summed E-state index contributed by atoms with van der Waals surface area (Å²) in [6, 6.07) is 1.55. The van der Waals surface area contributed by atoms with Gasteiger partial charge in [0.05, 0.1) is 29.3 Å². The summed E-state index contributed by atoms with van der Waals surface area (Å²) in [5, 5.41) is 4.07. The summed E-state index contributed by atoms with van der Waals surface area (Å²) in [5.74, 6) is -0.342. The highest BCUT2D eigenvalue weighted by atomic mass is 32.3. The molecule has 0 bridgehead atoms. The first-order valence-corrected chi connectivity index (χ1v) is 10.0. The largest absolute Gasteiger partial charge is 0.466 e. The maximum atomic E-state index is 13.1. The Kier molecular flexibility index (Phi) is 8.24. The molecular formula is C16H20F2N4O2S3. The molecule has 2 aromatic rings.